The zero-order chi connectivity index (χ0) is 13.1. The SMILES string of the molecule is Cc1cc(C)c(NC(=O)Cc2ccsc2)cc1N. The molecule has 0 spiro atoms. The highest BCUT2D eigenvalue weighted by Crippen LogP contribution is 2.22. The minimum atomic E-state index is -0.0141. The van der Waals surface area contributed by atoms with Crippen LogP contribution in [0.3, 0.4) is 0 Å². The van der Waals surface area contributed by atoms with Gasteiger partial charge < -0.3 is 11.1 Å². The van der Waals surface area contributed by atoms with Gasteiger partial charge in [0.05, 0.1) is 6.42 Å². The van der Waals surface area contributed by atoms with Crippen LogP contribution in [0, 0.1) is 13.8 Å². The van der Waals surface area contributed by atoms with Crippen molar-refractivity contribution in [2.24, 2.45) is 0 Å². The molecule has 0 saturated heterocycles. The van der Waals surface area contributed by atoms with Crippen LogP contribution in [0.4, 0.5) is 11.4 Å². The Morgan fingerprint density at radius 2 is 2.11 bits per heavy atom. The minimum absolute atomic E-state index is 0.0141. The zero-order valence-corrected chi connectivity index (χ0v) is 11.3. The van der Waals surface area contributed by atoms with Crippen LogP contribution in [-0.4, -0.2) is 5.91 Å². The molecule has 0 atom stereocenters. The maximum absolute atomic E-state index is 11.9. The molecule has 0 saturated carbocycles. The van der Waals surface area contributed by atoms with Crippen LogP contribution in [0.1, 0.15) is 16.7 Å². The zero-order valence-electron chi connectivity index (χ0n) is 10.5. The van der Waals surface area contributed by atoms with E-state index >= 15 is 0 Å². The van der Waals surface area contributed by atoms with Gasteiger partial charge in [-0.05, 0) is 53.4 Å². The minimum Gasteiger partial charge on any atom is -0.398 e. The number of carbonyl (C=O) groups excluding carboxylic acids is 1. The van der Waals surface area contributed by atoms with Crippen molar-refractivity contribution in [3.05, 3.63) is 45.6 Å². The molecule has 3 nitrogen and oxygen atoms in total. The van der Waals surface area contributed by atoms with Gasteiger partial charge in [0.1, 0.15) is 0 Å². The molecule has 0 aliphatic rings. The van der Waals surface area contributed by atoms with Crippen LogP contribution >= 0.6 is 11.3 Å². The normalized spacial score (nSPS) is 10.3. The maximum Gasteiger partial charge on any atom is 0.228 e. The first-order valence-electron chi connectivity index (χ1n) is 5.74. The predicted octanol–water partition coefficient (Wildman–Crippen LogP) is 3.13. The van der Waals surface area contributed by atoms with Gasteiger partial charge in [-0.25, -0.2) is 0 Å². The van der Waals surface area contributed by atoms with Gasteiger partial charge in [0.2, 0.25) is 5.91 Å². The lowest BCUT2D eigenvalue weighted by Crippen LogP contribution is -2.15. The van der Waals surface area contributed by atoms with E-state index in [-0.39, 0.29) is 5.91 Å². The molecular formula is C14H16N2OS. The van der Waals surface area contributed by atoms with E-state index < -0.39 is 0 Å². The van der Waals surface area contributed by atoms with Gasteiger partial charge in [-0.2, -0.15) is 11.3 Å². The summed E-state index contributed by atoms with van der Waals surface area (Å²) in [6.45, 7) is 3.92. The van der Waals surface area contributed by atoms with Crippen molar-refractivity contribution in [2.75, 3.05) is 11.1 Å². The summed E-state index contributed by atoms with van der Waals surface area (Å²) in [6.07, 6.45) is 0.400. The molecular weight excluding hydrogens is 244 g/mol. The highest BCUT2D eigenvalue weighted by molar-refractivity contribution is 7.08. The largest absolute Gasteiger partial charge is 0.398 e. The highest BCUT2D eigenvalue weighted by Gasteiger charge is 2.08. The Balaban J connectivity index is 2.09. The van der Waals surface area contributed by atoms with Crippen LogP contribution in [0.2, 0.25) is 0 Å². The van der Waals surface area contributed by atoms with Crippen molar-refractivity contribution in [2.45, 2.75) is 20.3 Å². The van der Waals surface area contributed by atoms with E-state index in [4.69, 9.17) is 5.73 Å². The maximum atomic E-state index is 11.9. The lowest BCUT2D eigenvalue weighted by Gasteiger charge is -2.11. The van der Waals surface area contributed by atoms with Gasteiger partial charge in [0, 0.05) is 11.4 Å². The number of nitrogens with two attached hydrogens (primary N) is 1. The van der Waals surface area contributed by atoms with Gasteiger partial charge in [-0.15, -0.1) is 0 Å². The standard InChI is InChI=1S/C14H16N2OS/c1-9-5-10(2)13(7-12(9)15)16-14(17)6-11-3-4-18-8-11/h3-5,7-8H,6,15H2,1-2H3,(H,16,17). The van der Waals surface area contributed by atoms with Crippen molar-refractivity contribution in [1.82, 2.24) is 0 Å². The van der Waals surface area contributed by atoms with Crippen LogP contribution < -0.4 is 11.1 Å². The molecule has 1 aromatic heterocycles. The summed E-state index contributed by atoms with van der Waals surface area (Å²) in [7, 11) is 0. The van der Waals surface area contributed by atoms with E-state index in [1.54, 1.807) is 11.3 Å². The van der Waals surface area contributed by atoms with Crippen molar-refractivity contribution in [3.8, 4) is 0 Å². The number of nitrogen functional groups attached to an aromatic ring is 1. The van der Waals surface area contributed by atoms with Gasteiger partial charge in [-0.3, -0.25) is 4.79 Å². The number of hydrogen-bond donors (Lipinski definition) is 2. The molecule has 2 rings (SSSR count). The molecule has 0 bridgehead atoms. The number of amides is 1. The number of aryl methyl sites for hydroxylation is 2. The predicted molar refractivity (Wildman–Crippen MR) is 77.0 cm³/mol. The van der Waals surface area contributed by atoms with E-state index in [2.05, 4.69) is 5.32 Å². The Hall–Kier alpha value is -1.81. The smallest absolute Gasteiger partial charge is 0.228 e. The molecule has 0 fully saturated rings. The third-order valence-corrected chi connectivity index (χ3v) is 3.56. The Kier molecular flexibility index (Phi) is 3.67. The molecule has 3 N–H and O–H groups in total. The molecule has 0 aliphatic carbocycles. The summed E-state index contributed by atoms with van der Waals surface area (Å²) in [5, 5.41) is 6.85. The molecule has 0 aliphatic heterocycles. The lowest BCUT2D eigenvalue weighted by atomic mass is 10.1. The number of carbonyl (C=O) groups is 1. The summed E-state index contributed by atoms with van der Waals surface area (Å²) in [5.74, 6) is -0.0141. The first kappa shape index (κ1) is 12.6. The Morgan fingerprint density at radius 3 is 2.78 bits per heavy atom. The molecule has 1 amide bonds. The van der Waals surface area contributed by atoms with Crippen molar-refractivity contribution in [3.63, 3.8) is 0 Å². The summed E-state index contributed by atoms with van der Waals surface area (Å²) >= 11 is 1.60. The quantitative estimate of drug-likeness (QED) is 0.833. The average Bonchev–Trinajstić information content (AvgIpc) is 2.78. The van der Waals surface area contributed by atoms with Gasteiger partial charge in [0.25, 0.3) is 0 Å². The fourth-order valence-electron chi connectivity index (χ4n) is 1.78. The molecule has 1 aromatic carbocycles. The first-order chi connectivity index (χ1) is 8.56. The number of hydrogen-bond acceptors (Lipinski definition) is 3. The van der Waals surface area contributed by atoms with Crippen molar-refractivity contribution >= 4 is 28.6 Å². The summed E-state index contributed by atoms with van der Waals surface area (Å²) in [6, 6.07) is 5.76. The van der Waals surface area contributed by atoms with E-state index in [0.717, 1.165) is 22.4 Å². The fraction of sp³-hybridized carbons (Fsp3) is 0.214. The average molecular weight is 260 g/mol. The number of thiophene rings is 1. The van der Waals surface area contributed by atoms with E-state index in [1.165, 1.54) is 0 Å². The monoisotopic (exact) mass is 260 g/mol. The third-order valence-electron chi connectivity index (χ3n) is 2.83. The second-order valence-corrected chi connectivity index (χ2v) is 5.16. The van der Waals surface area contributed by atoms with Gasteiger partial charge >= 0.3 is 0 Å². The van der Waals surface area contributed by atoms with Crippen molar-refractivity contribution in [1.29, 1.82) is 0 Å². The Bertz CT molecular complexity index is 561. The van der Waals surface area contributed by atoms with Crippen LogP contribution in [0.15, 0.2) is 29.0 Å². The molecule has 0 radical (unpaired) electrons. The Labute approximate surface area is 111 Å². The van der Waals surface area contributed by atoms with Crippen molar-refractivity contribution < 1.29 is 4.79 Å². The van der Waals surface area contributed by atoms with Gasteiger partial charge in [-0.1, -0.05) is 6.07 Å². The molecule has 0 unspecified atom stereocenters. The highest BCUT2D eigenvalue weighted by atomic mass is 32.1. The first-order valence-corrected chi connectivity index (χ1v) is 6.68. The fourth-order valence-corrected chi connectivity index (χ4v) is 2.45. The molecule has 1 heterocycles. The molecule has 94 valence electrons. The molecule has 2 aromatic rings. The molecule has 18 heavy (non-hydrogen) atoms. The summed E-state index contributed by atoms with van der Waals surface area (Å²) < 4.78 is 0. The second kappa shape index (κ2) is 5.23. The summed E-state index contributed by atoms with van der Waals surface area (Å²) in [5.41, 5.74) is 10.4. The van der Waals surface area contributed by atoms with Gasteiger partial charge in [0.15, 0.2) is 0 Å². The van der Waals surface area contributed by atoms with E-state index in [1.807, 2.05) is 42.8 Å². The van der Waals surface area contributed by atoms with Crippen LogP contribution in [0.25, 0.3) is 0 Å². The lowest BCUT2D eigenvalue weighted by molar-refractivity contribution is -0.115. The number of anilines is 2. The van der Waals surface area contributed by atoms with Crippen LogP contribution in [-0.2, 0) is 11.2 Å². The number of nitrogens with one attached hydrogen (secondary N) is 1. The second-order valence-electron chi connectivity index (χ2n) is 4.38. The van der Waals surface area contributed by atoms with E-state index in [9.17, 15) is 4.79 Å². The third kappa shape index (κ3) is 2.90. The number of benzene rings is 1. The topological polar surface area (TPSA) is 55.1 Å². The molecule has 4 heteroatoms. The van der Waals surface area contributed by atoms with Crippen LogP contribution in [0.5, 0.6) is 0 Å². The van der Waals surface area contributed by atoms with E-state index in [0.29, 0.717) is 12.1 Å². The summed E-state index contributed by atoms with van der Waals surface area (Å²) in [4.78, 5) is 11.9. The Morgan fingerprint density at radius 1 is 1.33 bits per heavy atom. The number of rotatable bonds is 3.